The van der Waals surface area contributed by atoms with Gasteiger partial charge in [-0.25, -0.2) is 17.1 Å². The Kier molecular flexibility index (Phi) is 7.09. The number of fused-ring (bicyclic) bond motifs is 1. The first-order valence-electron chi connectivity index (χ1n) is 11.8. The minimum Gasteiger partial charge on any atom is -0.497 e. The van der Waals surface area contributed by atoms with E-state index in [0.29, 0.717) is 28.5 Å². The molecule has 0 radical (unpaired) electrons. The standard InChI is InChI=1S/C28H22FN3O7S/c1-37-21-6-3-18(4-7-21)16-31(27-11-12-39-30-27)40(35,36)22-8-9-24-19(13-22)5-10-28(34)32(24)25-15-23(29)20(17-33)14-26(25)38-2/h3-15,17H,16H2,1-2H3. The number of ether oxygens (including phenoxy) is 2. The Morgan fingerprint density at radius 2 is 1.77 bits per heavy atom. The van der Waals surface area contributed by atoms with Crippen molar-refractivity contribution >= 4 is 33.0 Å². The zero-order valence-corrected chi connectivity index (χ0v) is 22.1. The molecule has 2 aromatic heterocycles. The molecule has 0 fully saturated rings. The highest BCUT2D eigenvalue weighted by Gasteiger charge is 2.28. The average molecular weight is 564 g/mol. The third kappa shape index (κ3) is 4.80. The van der Waals surface area contributed by atoms with Crippen LogP contribution < -0.4 is 19.3 Å². The number of halogens is 1. The number of pyridine rings is 1. The lowest BCUT2D eigenvalue weighted by molar-refractivity contribution is 0.111. The Bertz CT molecular complexity index is 1870. The van der Waals surface area contributed by atoms with Crippen molar-refractivity contribution in [3.63, 3.8) is 0 Å². The fourth-order valence-electron chi connectivity index (χ4n) is 4.27. The molecule has 0 spiro atoms. The molecule has 0 aliphatic rings. The number of hydrogen-bond donors (Lipinski definition) is 0. The lowest BCUT2D eigenvalue weighted by Crippen LogP contribution is -2.31. The van der Waals surface area contributed by atoms with E-state index in [0.717, 1.165) is 10.4 Å². The van der Waals surface area contributed by atoms with Crippen LogP contribution >= 0.6 is 0 Å². The van der Waals surface area contributed by atoms with Crippen LogP contribution in [0.4, 0.5) is 10.2 Å². The molecule has 12 heteroatoms. The number of benzene rings is 3. The van der Waals surface area contributed by atoms with Crippen LogP contribution in [-0.2, 0) is 16.6 Å². The molecule has 5 aromatic rings. The first-order chi connectivity index (χ1) is 19.3. The first kappa shape index (κ1) is 26.6. The van der Waals surface area contributed by atoms with E-state index in [9.17, 15) is 22.4 Å². The van der Waals surface area contributed by atoms with Crippen LogP contribution in [-0.4, -0.2) is 38.6 Å². The predicted molar refractivity (Wildman–Crippen MR) is 144 cm³/mol. The van der Waals surface area contributed by atoms with Crippen molar-refractivity contribution < 1.29 is 31.6 Å². The molecule has 0 unspecified atom stereocenters. The number of sulfonamides is 1. The SMILES string of the molecule is COc1ccc(CN(c2ccon2)S(=O)(=O)c2ccc3c(ccc(=O)n3-c3cc(F)c(C=O)cc3OC)c2)cc1. The molecule has 3 aromatic carbocycles. The molecule has 10 nitrogen and oxygen atoms in total. The van der Waals surface area contributed by atoms with Gasteiger partial charge in [0.1, 0.15) is 23.6 Å². The van der Waals surface area contributed by atoms with E-state index in [1.54, 1.807) is 24.3 Å². The molecule has 0 aliphatic heterocycles. The fraction of sp³-hybridized carbons (Fsp3) is 0.107. The van der Waals surface area contributed by atoms with Gasteiger partial charge in [0.15, 0.2) is 12.1 Å². The third-order valence-corrected chi connectivity index (χ3v) is 8.03. The van der Waals surface area contributed by atoms with Crippen LogP contribution in [0.25, 0.3) is 16.6 Å². The Morgan fingerprint density at radius 1 is 1.00 bits per heavy atom. The lowest BCUT2D eigenvalue weighted by atomic mass is 10.1. The van der Waals surface area contributed by atoms with Gasteiger partial charge < -0.3 is 14.0 Å². The van der Waals surface area contributed by atoms with Gasteiger partial charge in [0.25, 0.3) is 15.6 Å². The number of aldehydes is 1. The largest absolute Gasteiger partial charge is 0.497 e. The molecule has 0 atom stereocenters. The Balaban J connectivity index is 1.62. The van der Waals surface area contributed by atoms with Gasteiger partial charge in [0.05, 0.1) is 42.4 Å². The van der Waals surface area contributed by atoms with Crippen molar-refractivity contribution in [2.24, 2.45) is 0 Å². The number of carbonyl (C=O) groups is 1. The van der Waals surface area contributed by atoms with Gasteiger partial charge in [-0.05, 0) is 48.0 Å². The highest BCUT2D eigenvalue weighted by Crippen LogP contribution is 2.31. The topological polar surface area (TPSA) is 121 Å². The summed E-state index contributed by atoms with van der Waals surface area (Å²) < 4.78 is 60.0. The van der Waals surface area contributed by atoms with Crippen molar-refractivity contribution in [2.45, 2.75) is 11.4 Å². The number of rotatable bonds is 9. The van der Waals surface area contributed by atoms with Gasteiger partial charge in [0, 0.05) is 23.6 Å². The Hall–Kier alpha value is -4.97. The predicted octanol–water partition coefficient (Wildman–Crippen LogP) is 4.34. The van der Waals surface area contributed by atoms with Crippen molar-refractivity contribution in [1.29, 1.82) is 0 Å². The highest BCUT2D eigenvalue weighted by molar-refractivity contribution is 7.92. The number of nitrogens with zero attached hydrogens (tertiary/aromatic N) is 3. The molecule has 0 saturated carbocycles. The van der Waals surface area contributed by atoms with Gasteiger partial charge in [-0.2, -0.15) is 0 Å². The van der Waals surface area contributed by atoms with Gasteiger partial charge in [-0.1, -0.05) is 17.3 Å². The van der Waals surface area contributed by atoms with E-state index >= 15 is 0 Å². The normalized spacial score (nSPS) is 11.4. The number of carbonyl (C=O) groups excluding carboxylic acids is 1. The maximum absolute atomic E-state index is 14.5. The summed E-state index contributed by atoms with van der Waals surface area (Å²) in [7, 11) is -1.32. The first-order valence-corrected chi connectivity index (χ1v) is 13.3. The number of anilines is 1. The van der Waals surface area contributed by atoms with Crippen LogP contribution in [0.5, 0.6) is 11.5 Å². The molecule has 0 amide bonds. The summed E-state index contributed by atoms with van der Waals surface area (Å²) in [5.41, 5.74) is 0.289. The van der Waals surface area contributed by atoms with Crippen LogP contribution in [0.15, 0.2) is 93.3 Å². The molecule has 40 heavy (non-hydrogen) atoms. The van der Waals surface area contributed by atoms with Gasteiger partial charge in [-0.15, -0.1) is 0 Å². The van der Waals surface area contributed by atoms with Crippen LogP contribution in [0.1, 0.15) is 15.9 Å². The van der Waals surface area contributed by atoms with E-state index in [1.807, 2.05) is 0 Å². The molecule has 0 saturated heterocycles. The number of aromatic nitrogens is 2. The lowest BCUT2D eigenvalue weighted by Gasteiger charge is -2.22. The molecule has 5 rings (SSSR count). The van der Waals surface area contributed by atoms with Crippen molar-refractivity contribution in [1.82, 2.24) is 9.72 Å². The maximum Gasteiger partial charge on any atom is 0.265 e. The summed E-state index contributed by atoms with van der Waals surface area (Å²) >= 11 is 0. The molecular weight excluding hydrogens is 541 g/mol. The summed E-state index contributed by atoms with van der Waals surface area (Å²) in [6.45, 7) is -0.0457. The highest BCUT2D eigenvalue weighted by atomic mass is 32.2. The quantitative estimate of drug-likeness (QED) is 0.243. The van der Waals surface area contributed by atoms with E-state index in [4.69, 9.17) is 14.0 Å². The number of hydrogen-bond acceptors (Lipinski definition) is 8. The minimum atomic E-state index is -4.18. The summed E-state index contributed by atoms with van der Waals surface area (Å²) in [4.78, 5) is 24.0. The Labute approximate surface area is 227 Å². The van der Waals surface area contributed by atoms with Crippen LogP contribution in [0.3, 0.4) is 0 Å². The summed E-state index contributed by atoms with van der Waals surface area (Å²) in [6.07, 6.45) is 1.62. The molecule has 0 aliphatic carbocycles. The van der Waals surface area contributed by atoms with E-state index in [-0.39, 0.29) is 34.3 Å². The average Bonchev–Trinajstić information content (AvgIpc) is 3.50. The third-order valence-electron chi connectivity index (χ3n) is 6.28. The monoisotopic (exact) mass is 563 g/mol. The second-order valence-electron chi connectivity index (χ2n) is 8.61. The molecule has 0 bridgehead atoms. The Morgan fingerprint density at radius 3 is 2.42 bits per heavy atom. The number of methoxy groups -OCH3 is 2. The molecular formula is C28H22FN3O7S. The fourth-order valence-corrected chi connectivity index (χ4v) is 5.70. The zero-order chi connectivity index (χ0) is 28.4. The van der Waals surface area contributed by atoms with Gasteiger partial charge in [-0.3, -0.25) is 14.2 Å². The smallest absolute Gasteiger partial charge is 0.265 e. The molecule has 204 valence electrons. The zero-order valence-electron chi connectivity index (χ0n) is 21.3. The molecule has 2 heterocycles. The van der Waals surface area contributed by atoms with Crippen LogP contribution in [0, 0.1) is 5.82 Å². The second kappa shape index (κ2) is 10.7. The van der Waals surface area contributed by atoms with Gasteiger partial charge in [0.2, 0.25) is 0 Å². The summed E-state index contributed by atoms with van der Waals surface area (Å²) in [5.74, 6) is -0.0453. The summed E-state index contributed by atoms with van der Waals surface area (Å²) in [5, 5.41) is 4.22. The second-order valence-corrected chi connectivity index (χ2v) is 10.5. The van der Waals surface area contributed by atoms with Gasteiger partial charge >= 0.3 is 0 Å². The van der Waals surface area contributed by atoms with Crippen molar-refractivity contribution in [3.05, 3.63) is 106 Å². The van der Waals surface area contributed by atoms with Crippen molar-refractivity contribution in [3.8, 4) is 17.2 Å². The minimum absolute atomic E-state index is 0.0457. The summed E-state index contributed by atoms with van der Waals surface area (Å²) in [6, 6.07) is 17.5. The van der Waals surface area contributed by atoms with E-state index in [1.165, 1.54) is 67.5 Å². The van der Waals surface area contributed by atoms with E-state index < -0.39 is 21.4 Å². The van der Waals surface area contributed by atoms with Crippen molar-refractivity contribution in [2.75, 3.05) is 18.5 Å². The molecule has 0 N–H and O–H groups in total. The maximum atomic E-state index is 14.5. The van der Waals surface area contributed by atoms with Crippen LogP contribution in [0.2, 0.25) is 0 Å². The van der Waals surface area contributed by atoms with E-state index in [2.05, 4.69) is 5.16 Å².